The molecule has 82 valence electrons. The summed E-state index contributed by atoms with van der Waals surface area (Å²) in [5, 5.41) is 11.2. The zero-order valence-corrected chi connectivity index (χ0v) is 9.13. The fraction of sp³-hybridized carbons (Fsp3) is 0.600. The first-order chi connectivity index (χ1) is 7.25. The van der Waals surface area contributed by atoms with E-state index in [2.05, 4.69) is 4.98 Å². The number of ether oxygens (including phenoxy) is 1. The maximum absolute atomic E-state index is 10.5. The number of carboxylic acids is 1. The smallest absolute Gasteiger partial charge is 0.310 e. The van der Waals surface area contributed by atoms with Crippen LogP contribution in [-0.2, 0) is 16.0 Å². The van der Waals surface area contributed by atoms with Crippen molar-refractivity contribution in [2.24, 2.45) is 0 Å². The van der Waals surface area contributed by atoms with Crippen molar-refractivity contribution in [1.82, 2.24) is 4.98 Å². The van der Waals surface area contributed by atoms with Crippen molar-refractivity contribution in [3.8, 4) is 0 Å². The van der Waals surface area contributed by atoms with Gasteiger partial charge in [-0.25, -0.2) is 4.98 Å². The van der Waals surface area contributed by atoms with E-state index in [1.165, 1.54) is 11.3 Å². The van der Waals surface area contributed by atoms with Crippen LogP contribution in [0, 0.1) is 0 Å². The molecule has 1 atom stereocenters. The molecule has 0 radical (unpaired) electrons. The van der Waals surface area contributed by atoms with Crippen molar-refractivity contribution in [2.45, 2.75) is 31.8 Å². The molecule has 1 aliphatic rings. The standard InChI is InChI=1S/C10H13NO3S/c12-10(13)5-9-11-7(6-15-9)8-3-1-2-4-14-8/h6,8H,1-5H2,(H,12,13). The average Bonchev–Trinajstić information content (AvgIpc) is 2.67. The first-order valence-electron chi connectivity index (χ1n) is 5.03. The molecular weight excluding hydrogens is 214 g/mol. The number of nitrogens with zero attached hydrogens (tertiary/aromatic N) is 1. The highest BCUT2D eigenvalue weighted by atomic mass is 32.1. The molecule has 0 amide bonds. The summed E-state index contributed by atoms with van der Waals surface area (Å²) in [6, 6.07) is 0. The Morgan fingerprint density at radius 3 is 3.20 bits per heavy atom. The van der Waals surface area contributed by atoms with Crippen molar-refractivity contribution in [3.05, 3.63) is 16.1 Å². The van der Waals surface area contributed by atoms with Crippen molar-refractivity contribution in [3.63, 3.8) is 0 Å². The number of carbonyl (C=O) groups is 1. The lowest BCUT2D eigenvalue weighted by Gasteiger charge is -2.20. The van der Waals surface area contributed by atoms with Crippen LogP contribution in [0.2, 0.25) is 0 Å². The summed E-state index contributed by atoms with van der Waals surface area (Å²) in [5.74, 6) is -0.833. The Morgan fingerprint density at radius 1 is 1.67 bits per heavy atom. The number of rotatable bonds is 3. The van der Waals surface area contributed by atoms with Crippen LogP contribution in [0.25, 0.3) is 0 Å². The molecule has 2 rings (SSSR count). The Bertz CT molecular complexity index is 344. The summed E-state index contributed by atoms with van der Waals surface area (Å²) in [6.45, 7) is 0.788. The van der Waals surface area contributed by atoms with Gasteiger partial charge in [0.05, 0.1) is 12.1 Å². The lowest BCUT2D eigenvalue weighted by Crippen LogP contribution is -2.12. The van der Waals surface area contributed by atoms with E-state index in [1.807, 2.05) is 5.38 Å². The van der Waals surface area contributed by atoms with Crippen molar-refractivity contribution >= 4 is 17.3 Å². The van der Waals surface area contributed by atoms with Crippen LogP contribution in [0.4, 0.5) is 0 Å². The Kier molecular flexibility index (Phi) is 3.33. The summed E-state index contributed by atoms with van der Waals surface area (Å²) in [5.41, 5.74) is 0.899. The number of aromatic nitrogens is 1. The van der Waals surface area contributed by atoms with Gasteiger partial charge in [-0.15, -0.1) is 11.3 Å². The normalized spacial score (nSPS) is 21.5. The SMILES string of the molecule is O=C(O)Cc1nc(C2CCCCO2)cs1. The average molecular weight is 227 g/mol. The predicted molar refractivity (Wildman–Crippen MR) is 56.0 cm³/mol. The van der Waals surface area contributed by atoms with Gasteiger partial charge in [0.1, 0.15) is 11.1 Å². The van der Waals surface area contributed by atoms with E-state index in [0.29, 0.717) is 5.01 Å². The number of aliphatic carboxylic acids is 1. The molecule has 0 saturated carbocycles. The molecule has 0 aromatic carbocycles. The molecule has 1 aliphatic heterocycles. The quantitative estimate of drug-likeness (QED) is 0.858. The minimum Gasteiger partial charge on any atom is -0.481 e. The second kappa shape index (κ2) is 4.72. The Hall–Kier alpha value is -0.940. The molecule has 4 nitrogen and oxygen atoms in total. The molecule has 1 aromatic rings. The van der Waals surface area contributed by atoms with Gasteiger partial charge in [-0.2, -0.15) is 0 Å². The van der Waals surface area contributed by atoms with Gasteiger partial charge >= 0.3 is 5.97 Å². The van der Waals surface area contributed by atoms with E-state index < -0.39 is 5.97 Å². The molecule has 1 N–H and O–H groups in total. The van der Waals surface area contributed by atoms with Crippen LogP contribution in [0.15, 0.2) is 5.38 Å². The fourth-order valence-electron chi connectivity index (χ4n) is 1.66. The predicted octanol–water partition coefficient (Wildman–Crippen LogP) is 2.01. The highest BCUT2D eigenvalue weighted by Crippen LogP contribution is 2.28. The van der Waals surface area contributed by atoms with Gasteiger partial charge in [-0.3, -0.25) is 4.79 Å². The van der Waals surface area contributed by atoms with E-state index >= 15 is 0 Å². The van der Waals surface area contributed by atoms with E-state index in [0.717, 1.165) is 31.6 Å². The van der Waals surface area contributed by atoms with Crippen molar-refractivity contribution < 1.29 is 14.6 Å². The Morgan fingerprint density at radius 2 is 2.53 bits per heavy atom. The molecule has 1 fully saturated rings. The lowest BCUT2D eigenvalue weighted by molar-refractivity contribution is -0.136. The van der Waals surface area contributed by atoms with Crippen molar-refractivity contribution in [2.75, 3.05) is 6.61 Å². The molecule has 1 unspecified atom stereocenters. The van der Waals surface area contributed by atoms with Crippen LogP contribution in [-0.4, -0.2) is 22.7 Å². The highest BCUT2D eigenvalue weighted by Gasteiger charge is 2.19. The minimum atomic E-state index is -0.833. The minimum absolute atomic E-state index is 0.0113. The number of hydrogen-bond acceptors (Lipinski definition) is 4. The van der Waals surface area contributed by atoms with Gasteiger partial charge in [0.25, 0.3) is 0 Å². The van der Waals surface area contributed by atoms with Gasteiger partial charge < -0.3 is 9.84 Å². The third kappa shape index (κ3) is 2.76. The lowest BCUT2D eigenvalue weighted by atomic mass is 10.1. The number of thiazole rings is 1. The van der Waals surface area contributed by atoms with Gasteiger partial charge in [0.15, 0.2) is 0 Å². The molecule has 5 heteroatoms. The molecule has 0 aliphatic carbocycles. The summed E-state index contributed by atoms with van der Waals surface area (Å²) in [7, 11) is 0. The molecular formula is C10H13NO3S. The highest BCUT2D eigenvalue weighted by molar-refractivity contribution is 7.09. The summed E-state index contributed by atoms with van der Waals surface area (Å²) in [6.07, 6.45) is 3.37. The Labute approximate surface area is 91.9 Å². The largest absolute Gasteiger partial charge is 0.481 e. The first-order valence-corrected chi connectivity index (χ1v) is 5.91. The third-order valence-electron chi connectivity index (χ3n) is 2.38. The van der Waals surface area contributed by atoms with Crippen LogP contribution in [0.1, 0.15) is 36.1 Å². The number of carboxylic acid groups (broad SMARTS) is 1. The van der Waals surface area contributed by atoms with Crippen LogP contribution in [0.5, 0.6) is 0 Å². The van der Waals surface area contributed by atoms with Gasteiger partial charge in [0.2, 0.25) is 0 Å². The van der Waals surface area contributed by atoms with E-state index in [1.54, 1.807) is 0 Å². The van der Waals surface area contributed by atoms with Crippen LogP contribution >= 0.6 is 11.3 Å². The van der Waals surface area contributed by atoms with Crippen LogP contribution in [0.3, 0.4) is 0 Å². The zero-order chi connectivity index (χ0) is 10.7. The number of hydrogen-bond donors (Lipinski definition) is 1. The van der Waals surface area contributed by atoms with Gasteiger partial charge in [0, 0.05) is 12.0 Å². The molecule has 1 aromatic heterocycles. The van der Waals surface area contributed by atoms with Gasteiger partial charge in [-0.1, -0.05) is 0 Å². The van der Waals surface area contributed by atoms with E-state index in [4.69, 9.17) is 9.84 Å². The first kappa shape index (κ1) is 10.6. The molecule has 2 heterocycles. The maximum Gasteiger partial charge on any atom is 0.310 e. The molecule has 0 spiro atoms. The maximum atomic E-state index is 10.5. The third-order valence-corrected chi connectivity index (χ3v) is 3.25. The second-order valence-corrected chi connectivity index (χ2v) is 4.53. The fourth-order valence-corrected chi connectivity index (χ4v) is 2.48. The molecule has 15 heavy (non-hydrogen) atoms. The summed E-state index contributed by atoms with van der Waals surface area (Å²) < 4.78 is 5.58. The van der Waals surface area contributed by atoms with E-state index in [-0.39, 0.29) is 12.5 Å². The summed E-state index contributed by atoms with van der Waals surface area (Å²) in [4.78, 5) is 14.8. The Balaban J connectivity index is 2.02. The molecule has 1 saturated heterocycles. The second-order valence-electron chi connectivity index (χ2n) is 3.59. The summed E-state index contributed by atoms with van der Waals surface area (Å²) >= 11 is 1.40. The molecule has 0 bridgehead atoms. The topological polar surface area (TPSA) is 59.4 Å². The zero-order valence-electron chi connectivity index (χ0n) is 8.31. The van der Waals surface area contributed by atoms with Crippen molar-refractivity contribution in [1.29, 1.82) is 0 Å². The van der Waals surface area contributed by atoms with E-state index in [9.17, 15) is 4.79 Å². The van der Waals surface area contributed by atoms with Crippen LogP contribution < -0.4 is 0 Å². The monoisotopic (exact) mass is 227 g/mol. The van der Waals surface area contributed by atoms with Gasteiger partial charge in [-0.05, 0) is 19.3 Å².